The van der Waals surface area contributed by atoms with Crippen LogP contribution in [0.25, 0.3) is 0 Å². The molecule has 3 N–H and O–H groups in total. The molecule has 0 spiro atoms. The van der Waals surface area contributed by atoms with Gasteiger partial charge in [0, 0.05) is 7.11 Å². The molecule has 1 aliphatic heterocycles. The van der Waals surface area contributed by atoms with Crippen LogP contribution in [0.1, 0.15) is 6.23 Å². The lowest BCUT2D eigenvalue weighted by atomic mass is 10.1. The zero-order chi connectivity index (χ0) is 16.3. The van der Waals surface area contributed by atoms with E-state index in [9.17, 15) is 14.7 Å². The summed E-state index contributed by atoms with van der Waals surface area (Å²) in [5.41, 5.74) is -1.50. The standard InChI is InChI=1S/C13H16N2O7/c1-3-4-21-7-5-15(13(19)14-11(7)18)12-10(20-2)9(17)8(6-16)22-12/h1,5,8-10,12,16-17H,4,6H2,2H3,(H,14,18,19). The second-order valence-corrected chi connectivity index (χ2v) is 4.59. The number of H-pyrrole nitrogens is 1. The summed E-state index contributed by atoms with van der Waals surface area (Å²) in [5.74, 6) is 2.03. The van der Waals surface area contributed by atoms with Crippen LogP contribution in [0.15, 0.2) is 15.8 Å². The number of ether oxygens (including phenoxy) is 3. The summed E-state index contributed by atoms with van der Waals surface area (Å²) >= 11 is 0. The molecule has 120 valence electrons. The Kier molecular flexibility index (Phi) is 4.99. The molecule has 2 rings (SSSR count). The van der Waals surface area contributed by atoms with Crippen molar-refractivity contribution in [1.29, 1.82) is 0 Å². The van der Waals surface area contributed by atoms with Gasteiger partial charge in [0.1, 0.15) is 24.9 Å². The van der Waals surface area contributed by atoms with Crippen LogP contribution in [0.3, 0.4) is 0 Å². The molecule has 1 fully saturated rings. The molecule has 0 radical (unpaired) electrons. The van der Waals surface area contributed by atoms with Crippen LogP contribution < -0.4 is 16.0 Å². The Bertz CT molecular complexity index is 674. The van der Waals surface area contributed by atoms with Crippen molar-refractivity contribution in [3.05, 3.63) is 27.0 Å². The van der Waals surface area contributed by atoms with E-state index in [-0.39, 0.29) is 12.4 Å². The maximum Gasteiger partial charge on any atom is 0.330 e. The van der Waals surface area contributed by atoms with Gasteiger partial charge in [-0.1, -0.05) is 5.92 Å². The highest BCUT2D eigenvalue weighted by Crippen LogP contribution is 2.30. The maximum atomic E-state index is 11.9. The fraction of sp³-hybridized carbons (Fsp3) is 0.538. The number of nitrogens with one attached hydrogen (secondary N) is 1. The molecule has 1 aromatic rings. The van der Waals surface area contributed by atoms with E-state index < -0.39 is 42.4 Å². The van der Waals surface area contributed by atoms with Gasteiger partial charge in [-0.15, -0.1) is 6.42 Å². The fourth-order valence-electron chi connectivity index (χ4n) is 2.23. The number of rotatable bonds is 5. The molecular formula is C13H16N2O7. The lowest BCUT2D eigenvalue weighted by Crippen LogP contribution is -2.39. The number of terminal acetylenes is 1. The van der Waals surface area contributed by atoms with Gasteiger partial charge in [-0.25, -0.2) is 4.79 Å². The summed E-state index contributed by atoms with van der Waals surface area (Å²) in [6, 6.07) is 0. The van der Waals surface area contributed by atoms with Crippen molar-refractivity contribution in [1.82, 2.24) is 9.55 Å². The third-order valence-electron chi connectivity index (χ3n) is 3.29. The molecule has 2 heterocycles. The van der Waals surface area contributed by atoms with Crippen LogP contribution >= 0.6 is 0 Å². The Morgan fingerprint density at radius 2 is 2.27 bits per heavy atom. The van der Waals surface area contributed by atoms with E-state index in [2.05, 4.69) is 10.9 Å². The molecule has 4 unspecified atom stereocenters. The highest BCUT2D eigenvalue weighted by atomic mass is 16.6. The van der Waals surface area contributed by atoms with Gasteiger partial charge in [0.2, 0.25) is 5.75 Å². The first-order valence-electron chi connectivity index (χ1n) is 6.42. The van der Waals surface area contributed by atoms with E-state index in [1.165, 1.54) is 7.11 Å². The maximum absolute atomic E-state index is 11.9. The SMILES string of the molecule is C#CCOc1cn(C2OC(CO)C(O)C2OC)c(=O)[nH]c1=O. The van der Waals surface area contributed by atoms with Crippen molar-refractivity contribution in [3.8, 4) is 18.1 Å². The average Bonchev–Trinajstić information content (AvgIpc) is 2.82. The molecule has 1 aromatic heterocycles. The van der Waals surface area contributed by atoms with E-state index in [0.717, 1.165) is 10.8 Å². The Morgan fingerprint density at radius 1 is 1.55 bits per heavy atom. The van der Waals surface area contributed by atoms with Crippen LogP contribution in [-0.4, -0.2) is 58.4 Å². The second kappa shape index (κ2) is 6.76. The van der Waals surface area contributed by atoms with Crippen LogP contribution in [0, 0.1) is 12.3 Å². The van der Waals surface area contributed by atoms with E-state index >= 15 is 0 Å². The van der Waals surface area contributed by atoms with Crippen LogP contribution in [0.4, 0.5) is 0 Å². The van der Waals surface area contributed by atoms with Gasteiger partial charge in [0.25, 0.3) is 5.56 Å². The third kappa shape index (κ3) is 2.90. The highest BCUT2D eigenvalue weighted by molar-refractivity contribution is 5.14. The number of hydrogen-bond donors (Lipinski definition) is 3. The minimum absolute atomic E-state index is 0.150. The van der Waals surface area contributed by atoms with Crippen molar-refractivity contribution >= 4 is 0 Å². The summed E-state index contributed by atoms with van der Waals surface area (Å²) in [7, 11) is 1.33. The van der Waals surface area contributed by atoms with Gasteiger partial charge in [-0.3, -0.25) is 14.3 Å². The zero-order valence-corrected chi connectivity index (χ0v) is 11.8. The van der Waals surface area contributed by atoms with Gasteiger partial charge >= 0.3 is 5.69 Å². The van der Waals surface area contributed by atoms with Crippen LogP contribution in [-0.2, 0) is 9.47 Å². The molecule has 0 amide bonds. The number of aromatic amines is 1. The van der Waals surface area contributed by atoms with Crippen molar-refractivity contribution < 1.29 is 24.4 Å². The number of nitrogens with zero attached hydrogens (tertiary/aromatic N) is 1. The molecule has 0 aromatic carbocycles. The minimum atomic E-state index is -1.13. The van der Waals surface area contributed by atoms with Crippen molar-refractivity contribution in [2.75, 3.05) is 20.3 Å². The number of methoxy groups -OCH3 is 1. The van der Waals surface area contributed by atoms with E-state index in [0.29, 0.717) is 0 Å². The van der Waals surface area contributed by atoms with E-state index in [4.69, 9.17) is 25.7 Å². The highest BCUT2D eigenvalue weighted by Gasteiger charge is 2.45. The molecule has 9 nitrogen and oxygen atoms in total. The zero-order valence-electron chi connectivity index (χ0n) is 11.8. The molecule has 9 heteroatoms. The molecule has 0 aliphatic carbocycles. The second-order valence-electron chi connectivity index (χ2n) is 4.59. The quantitative estimate of drug-likeness (QED) is 0.528. The lowest BCUT2D eigenvalue weighted by Gasteiger charge is -2.20. The Labute approximate surface area is 125 Å². The molecule has 22 heavy (non-hydrogen) atoms. The minimum Gasteiger partial charge on any atom is -0.474 e. The Hall–Kier alpha value is -2.12. The molecule has 0 bridgehead atoms. The number of aliphatic hydroxyl groups excluding tert-OH is 2. The first-order chi connectivity index (χ1) is 10.5. The molecule has 1 aliphatic rings. The Balaban J connectivity index is 2.41. The monoisotopic (exact) mass is 312 g/mol. The number of aromatic nitrogens is 2. The van der Waals surface area contributed by atoms with Crippen molar-refractivity contribution in [2.24, 2.45) is 0 Å². The topological polar surface area (TPSA) is 123 Å². The first-order valence-corrected chi connectivity index (χ1v) is 6.42. The summed E-state index contributed by atoms with van der Waals surface area (Å²) < 4.78 is 16.6. The van der Waals surface area contributed by atoms with Crippen molar-refractivity contribution in [3.63, 3.8) is 0 Å². The molecule has 1 saturated heterocycles. The molecular weight excluding hydrogens is 296 g/mol. The summed E-state index contributed by atoms with van der Waals surface area (Å²) in [6.07, 6.45) is 2.20. The Morgan fingerprint density at radius 3 is 2.86 bits per heavy atom. The predicted molar refractivity (Wildman–Crippen MR) is 73.5 cm³/mol. The van der Waals surface area contributed by atoms with Gasteiger partial charge in [0.05, 0.1) is 12.8 Å². The first kappa shape index (κ1) is 16.3. The van der Waals surface area contributed by atoms with Gasteiger partial charge < -0.3 is 24.4 Å². The van der Waals surface area contributed by atoms with Gasteiger partial charge in [-0.2, -0.15) is 0 Å². The molecule has 4 atom stereocenters. The van der Waals surface area contributed by atoms with Crippen LogP contribution in [0.2, 0.25) is 0 Å². The molecule has 0 saturated carbocycles. The number of hydrogen-bond acceptors (Lipinski definition) is 7. The predicted octanol–water partition coefficient (Wildman–Crippen LogP) is -2.19. The average molecular weight is 312 g/mol. The third-order valence-corrected chi connectivity index (χ3v) is 3.29. The normalized spacial score (nSPS) is 27.5. The van der Waals surface area contributed by atoms with Crippen molar-refractivity contribution in [2.45, 2.75) is 24.5 Å². The summed E-state index contributed by atoms with van der Waals surface area (Å²) in [4.78, 5) is 25.6. The van der Waals surface area contributed by atoms with Gasteiger partial charge in [-0.05, 0) is 0 Å². The lowest BCUT2D eigenvalue weighted by molar-refractivity contribution is -0.0628. The number of aliphatic hydroxyl groups is 2. The summed E-state index contributed by atoms with van der Waals surface area (Å²) in [5, 5.41) is 19.1. The van der Waals surface area contributed by atoms with Gasteiger partial charge in [0.15, 0.2) is 6.23 Å². The van der Waals surface area contributed by atoms with Crippen LogP contribution in [0.5, 0.6) is 5.75 Å². The summed E-state index contributed by atoms with van der Waals surface area (Å²) in [6.45, 7) is -0.599. The largest absolute Gasteiger partial charge is 0.474 e. The smallest absolute Gasteiger partial charge is 0.330 e. The fourth-order valence-corrected chi connectivity index (χ4v) is 2.23. The van der Waals surface area contributed by atoms with E-state index in [1.807, 2.05) is 0 Å². The van der Waals surface area contributed by atoms with E-state index in [1.54, 1.807) is 0 Å².